The van der Waals surface area contributed by atoms with Crippen LogP contribution in [-0.2, 0) is 0 Å². The molecule has 15 heavy (non-hydrogen) atoms. The number of pyridine rings is 1. The molecular formula is C11H12N2O2. The lowest BCUT2D eigenvalue weighted by molar-refractivity contribution is 0.0690. The molecule has 78 valence electrons. The maximum Gasteiger partial charge on any atom is 0.354 e. The third-order valence-electron chi connectivity index (χ3n) is 2.39. The van der Waals surface area contributed by atoms with Gasteiger partial charge in [0.05, 0.1) is 5.69 Å². The van der Waals surface area contributed by atoms with Gasteiger partial charge in [0.15, 0.2) is 0 Å². The number of nitrogens with zero attached hydrogens (tertiary/aromatic N) is 2. The van der Waals surface area contributed by atoms with Crippen molar-refractivity contribution >= 4 is 11.5 Å². The number of hydrogen-bond acceptors (Lipinski definition) is 3. The number of carboxylic acid groups (broad SMARTS) is 1. The minimum atomic E-state index is -0.983. The Labute approximate surface area is 87.9 Å². The van der Waals surface area contributed by atoms with E-state index in [9.17, 15) is 4.79 Å². The summed E-state index contributed by atoms with van der Waals surface area (Å²) in [7, 11) is 2.02. The molecule has 0 aliphatic carbocycles. The lowest BCUT2D eigenvalue weighted by Crippen LogP contribution is -2.14. The number of hydrogen-bond donors (Lipinski definition) is 1. The van der Waals surface area contributed by atoms with Gasteiger partial charge in [-0.25, -0.2) is 9.78 Å². The molecule has 0 unspecified atom stereocenters. The SMILES string of the molecule is CN1CC=C(c2cccc(C(=O)O)n2)C1. The van der Waals surface area contributed by atoms with Crippen molar-refractivity contribution in [1.29, 1.82) is 0 Å². The van der Waals surface area contributed by atoms with Gasteiger partial charge in [-0.15, -0.1) is 0 Å². The summed E-state index contributed by atoms with van der Waals surface area (Å²) in [6.45, 7) is 1.73. The van der Waals surface area contributed by atoms with Crippen LogP contribution in [0, 0.1) is 0 Å². The van der Waals surface area contributed by atoms with Gasteiger partial charge in [0.25, 0.3) is 0 Å². The van der Waals surface area contributed by atoms with Crippen LogP contribution < -0.4 is 0 Å². The summed E-state index contributed by atoms with van der Waals surface area (Å²) in [6.07, 6.45) is 2.08. The Kier molecular flexibility index (Phi) is 2.51. The minimum Gasteiger partial charge on any atom is -0.477 e. The molecule has 4 heteroatoms. The number of carbonyl (C=O) groups is 1. The Morgan fingerprint density at radius 3 is 2.93 bits per heavy atom. The van der Waals surface area contributed by atoms with Crippen LogP contribution in [0.5, 0.6) is 0 Å². The van der Waals surface area contributed by atoms with Crippen molar-refractivity contribution < 1.29 is 9.90 Å². The molecule has 1 aliphatic heterocycles. The van der Waals surface area contributed by atoms with Crippen molar-refractivity contribution in [2.75, 3.05) is 20.1 Å². The molecule has 0 radical (unpaired) electrons. The van der Waals surface area contributed by atoms with Gasteiger partial charge >= 0.3 is 5.97 Å². The lowest BCUT2D eigenvalue weighted by Gasteiger charge is -2.07. The summed E-state index contributed by atoms with van der Waals surface area (Å²) in [6, 6.07) is 5.08. The highest BCUT2D eigenvalue weighted by molar-refractivity contribution is 5.86. The summed E-state index contributed by atoms with van der Waals surface area (Å²) in [5.74, 6) is -0.983. The Hall–Kier alpha value is -1.68. The van der Waals surface area contributed by atoms with Crippen molar-refractivity contribution in [3.8, 4) is 0 Å². The van der Waals surface area contributed by atoms with E-state index in [1.54, 1.807) is 6.07 Å². The van der Waals surface area contributed by atoms with Crippen molar-refractivity contribution in [2.24, 2.45) is 0 Å². The second-order valence-electron chi connectivity index (χ2n) is 3.64. The summed E-state index contributed by atoms with van der Waals surface area (Å²) in [5, 5.41) is 8.81. The molecule has 1 aromatic heterocycles. The van der Waals surface area contributed by atoms with Crippen LogP contribution in [0.25, 0.3) is 5.57 Å². The van der Waals surface area contributed by atoms with E-state index in [1.165, 1.54) is 6.07 Å². The molecule has 0 amide bonds. The average molecular weight is 204 g/mol. The zero-order valence-corrected chi connectivity index (χ0v) is 8.47. The largest absolute Gasteiger partial charge is 0.477 e. The molecule has 1 N–H and O–H groups in total. The van der Waals surface area contributed by atoms with Gasteiger partial charge in [-0.3, -0.25) is 4.90 Å². The molecule has 0 aromatic carbocycles. The van der Waals surface area contributed by atoms with E-state index >= 15 is 0 Å². The minimum absolute atomic E-state index is 0.1000. The predicted molar refractivity (Wildman–Crippen MR) is 56.7 cm³/mol. The van der Waals surface area contributed by atoms with Crippen LogP contribution in [-0.4, -0.2) is 41.1 Å². The van der Waals surface area contributed by atoms with E-state index in [2.05, 4.69) is 16.0 Å². The van der Waals surface area contributed by atoms with E-state index in [1.807, 2.05) is 13.1 Å². The van der Waals surface area contributed by atoms with E-state index in [-0.39, 0.29) is 5.69 Å². The zero-order valence-electron chi connectivity index (χ0n) is 8.47. The van der Waals surface area contributed by atoms with Gasteiger partial charge in [-0.1, -0.05) is 12.1 Å². The fourth-order valence-electron chi connectivity index (χ4n) is 1.60. The normalized spacial score (nSPS) is 16.5. The number of rotatable bonds is 2. The molecule has 1 aliphatic rings. The van der Waals surface area contributed by atoms with Crippen molar-refractivity contribution in [3.63, 3.8) is 0 Å². The third kappa shape index (κ3) is 2.05. The molecule has 0 bridgehead atoms. The number of aromatic carboxylic acids is 1. The number of likely N-dealkylation sites (N-methyl/N-ethyl adjacent to an activating group) is 1. The average Bonchev–Trinajstić information content (AvgIpc) is 2.65. The lowest BCUT2D eigenvalue weighted by atomic mass is 10.1. The van der Waals surface area contributed by atoms with Crippen LogP contribution in [0.4, 0.5) is 0 Å². The summed E-state index contributed by atoms with van der Waals surface area (Å²) in [4.78, 5) is 17.0. The molecule has 0 atom stereocenters. The van der Waals surface area contributed by atoms with Crippen LogP contribution in [0.15, 0.2) is 24.3 Å². The fraction of sp³-hybridized carbons (Fsp3) is 0.273. The molecule has 2 rings (SSSR count). The maximum atomic E-state index is 10.7. The molecular weight excluding hydrogens is 192 g/mol. The van der Waals surface area contributed by atoms with E-state index in [0.29, 0.717) is 0 Å². The quantitative estimate of drug-likeness (QED) is 0.784. The molecule has 0 fully saturated rings. The Morgan fingerprint density at radius 1 is 1.53 bits per heavy atom. The Balaban J connectivity index is 2.29. The molecule has 1 aromatic rings. The first-order valence-corrected chi connectivity index (χ1v) is 4.75. The topological polar surface area (TPSA) is 53.4 Å². The molecule has 2 heterocycles. The van der Waals surface area contributed by atoms with Gasteiger partial charge in [0.2, 0.25) is 0 Å². The van der Waals surface area contributed by atoms with Crippen molar-refractivity contribution in [1.82, 2.24) is 9.88 Å². The summed E-state index contributed by atoms with van der Waals surface area (Å²) >= 11 is 0. The van der Waals surface area contributed by atoms with Crippen molar-refractivity contribution in [2.45, 2.75) is 0 Å². The van der Waals surface area contributed by atoms with Gasteiger partial charge in [0, 0.05) is 13.1 Å². The van der Waals surface area contributed by atoms with E-state index in [0.717, 1.165) is 24.4 Å². The second-order valence-corrected chi connectivity index (χ2v) is 3.64. The first kappa shape index (κ1) is 9.86. The molecule has 4 nitrogen and oxygen atoms in total. The van der Waals surface area contributed by atoms with Crippen molar-refractivity contribution in [3.05, 3.63) is 35.7 Å². The number of carboxylic acids is 1. The standard InChI is InChI=1S/C11H12N2O2/c1-13-6-5-8(7-13)9-3-2-4-10(12-9)11(14)15/h2-5H,6-7H2,1H3,(H,14,15). The highest BCUT2D eigenvalue weighted by atomic mass is 16.4. The van der Waals surface area contributed by atoms with Gasteiger partial charge in [-0.05, 0) is 24.8 Å². The van der Waals surface area contributed by atoms with Gasteiger partial charge in [-0.2, -0.15) is 0 Å². The summed E-state index contributed by atoms with van der Waals surface area (Å²) < 4.78 is 0. The summed E-state index contributed by atoms with van der Waals surface area (Å²) in [5.41, 5.74) is 1.96. The highest BCUT2D eigenvalue weighted by Crippen LogP contribution is 2.18. The van der Waals surface area contributed by atoms with E-state index in [4.69, 9.17) is 5.11 Å². The first-order valence-electron chi connectivity index (χ1n) is 4.75. The van der Waals surface area contributed by atoms with Gasteiger partial charge < -0.3 is 5.11 Å². The third-order valence-corrected chi connectivity index (χ3v) is 2.39. The van der Waals surface area contributed by atoms with E-state index < -0.39 is 5.97 Å². The fourth-order valence-corrected chi connectivity index (χ4v) is 1.60. The Bertz CT molecular complexity index is 426. The predicted octanol–water partition coefficient (Wildman–Crippen LogP) is 1.11. The molecule has 0 saturated heterocycles. The second kappa shape index (κ2) is 3.82. The highest BCUT2D eigenvalue weighted by Gasteiger charge is 2.14. The first-order chi connectivity index (χ1) is 7.16. The van der Waals surface area contributed by atoms with Gasteiger partial charge in [0.1, 0.15) is 5.69 Å². The number of aromatic nitrogens is 1. The Morgan fingerprint density at radius 2 is 2.33 bits per heavy atom. The van der Waals surface area contributed by atoms with Crippen LogP contribution >= 0.6 is 0 Å². The van der Waals surface area contributed by atoms with Crippen LogP contribution in [0.2, 0.25) is 0 Å². The van der Waals surface area contributed by atoms with Crippen LogP contribution in [0.1, 0.15) is 16.2 Å². The smallest absolute Gasteiger partial charge is 0.354 e. The monoisotopic (exact) mass is 204 g/mol. The molecule has 0 saturated carbocycles. The van der Waals surface area contributed by atoms with Crippen LogP contribution in [0.3, 0.4) is 0 Å². The maximum absolute atomic E-state index is 10.7. The zero-order chi connectivity index (χ0) is 10.8. The molecule has 0 spiro atoms.